The first-order valence-corrected chi connectivity index (χ1v) is 9.85. The maximum atomic E-state index is 10.0. The van der Waals surface area contributed by atoms with Crippen LogP contribution < -0.4 is 0 Å². The van der Waals surface area contributed by atoms with Gasteiger partial charge in [0.25, 0.3) is 0 Å². The van der Waals surface area contributed by atoms with Crippen molar-refractivity contribution < 1.29 is 24.5 Å². The Kier molecular flexibility index (Phi) is 5.09. The molecule has 1 fully saturated rings. The van der Waals surface area contributed by atoms with Gasteiger partial charge in [0.2, 0.25) is 8.32 Å². The molecule has 0 aliphatic carbocycles. The Balaban J connectivity index is 3.03. The zero-order valence-electron chi connectivity index (χ0n) is 13.5. The minimum atomic E-state index is -2.08. The average Bonchev–Trinajstić information content (AvgIpc) is 2.52. The van der Waals surface area contributed by atoms with E-state index in [9.17, 15) is 15.3 Å². The van der Waals surface area contributed by atoms with Crippen molar-refractivity contribution in [2.75, 3.05) is 0 Å². The van der Waals surface area contributed by atoms with E-state index in [2.05, 4.69) is 33.9 Å². The molecule has 0 aromatic rings. The zero-order chi connectivity index (χ0) is 15.9. The number of ether oxygens (including phenoxy) is 1. The van der Waals surface area contributed by atoms with Crippen LogP contribution >= 0.6 is 0 Å². The molecule has 0 aromatic heterocycles. The fourth-order valence-corrected chi connectivity index (χ4v) is 2.92. The lowest BCUT2D eigenvalue weighted by molar-refractivity contribution is -0.125. The summed E-state index contributed by atoms with van der Waals surface area (Å²) in [5, 5.41) is 29.2. The van der Waals surface area contributed by atoms with Crippen molar-refractivity contribution in [3.8, 4) is 0 Å². The van der Waals surface area contributed by atoms with Crippen LogP contribution in [0.3, 0.4) is 0 Å². The summed E-state index contributed by atoms with van der Waals surface area (Å²) in [6.07, 6.45) is -4.69. The van der Waals surface area contributed by atoms with Gasteiger partial charge in [-0.1, -0.05) is 20.8 Å². The zero-order valence-corrected chi connectivity index (χ0v) is 14.5. The van der Waals surface area contributed by atoms with Crippen molar-refractivity contribution in [3.05, 3.63) is 11.3 Å². The first-order chi connectivity index (χ1) is 8.88. The van der Waals surface area contributed by atoms with Crippen LogP contribution in [-0.4, -0.2) is 48.2 Å². The largest absolute Gasteiger partial charge is 0.545 e. The fraction of sp³-hybridized carbons (Fsp3) is 0.857. The summed E-state index contributed by atoms with van der Waals surface area (Å²) in [7, 11) is -2.08. The van der Waals surface area contributed by atoms with Crippen LogP contribution in [-0.2, 0) is 9.16 Å². The first kappa shape index (κ1) is 17.6. The Hall–Kier alpha value is -0.403. The summed E-state index contributed by atoms with van der Waals surface area (Å²) in [5.74, 6) is 0.527. The summed E-state index contributed by atoms with van der Waals surface area (Å²) in [4.78, 5) is 0. The molecule has 1 saturated heterocycles. The molecule has 0 radical (unpaired) electrons. The summed E-state index contributed by atoms with van der Waals surface area (Å²) < 4.78 is 11.5. The highest BCUT2D eigenvalue weighted by Gasteiger charge is 2.47. The molecule has 3 N–H and O–H groups in total. The topological polar surface area (TPSA) is 79.2 Å². The first-order valence-electron chi connectivity index (χ1n) is 6.94. The van der Waals surface area contributed by atoms with Crippen LogP contribution in [0.2, 0.25) is 18.1 Å². The molecule has 1 aliphatic rings. The quantitative estimate of drug-likeness (QED) is 0.547. The average molecular weight is 304 g/mol. The van der Waals surface area contributed by atoms with Crippen LogP contribution in [0.1, 0.15) is 34.6 Å². The summed E-state index contributed by atoms with van der Waals surface area (Å²) in [5.41, 5.74) is 0.875. The molecular weight excluding hydrogens is 276 g/mol. The molecule has 0 unspecified atom stereocenters. The molecule has 1 heterocycles. The molecule has 0 saturated carbocycles. The normalized spacial score (nSPS) is 31.3. The van der Waals surface area contributed by atoms with Gasteiger partial charge in [-0.25, -0.2) is 0 Å². The van der Waals surface area contributed by atoms with Gasteiger partial charge in [-0.05, 0) is 37.6 Å². The van der Waals surface area contributed by atoms with Gasteiger partial charge in [0.1, 0.15) is 24.1 Å². The van der Waals surface area contributed by atoms with Crippen LogP contribution in [0, 0.1) is 0 Å². The van der Waals surface area contributed by atoms with Gasteiger partial charge in [0.05, 0.1) is 0 Å². The van der Waals surface area contributed by atoms with Gasteiger partial charge in [0, 0.05) is 0 Å². The van der Waals surface area contributed by atoms with Crippen molar-refractivity contribution in [2.45, 2.75) is 77.4 Å². The molecule has 0 aromatic carbocycles. The highest BCUT2D eigenvalue weighted by atomic mass is 28.4. The van der Waals surface area contributed by atoms with Crippen molar-refractivity contribution >= 4 is 8.32 Å². The number of rotatable bonds is 3. The maximum Gasteiger partial charge on any atom is 0.250 e. The van der Waals surface area contributed by atoms with Crippen molar-refractivity contribution in [1.29, 1.82) is 0 Å². The highest BCUT2D eigenvalue weighted by molar-refractivity contribution is 6.74. The van der Waals surface area contributed by atoms with Crippen LogP contribution in [0.5, 0.6) is 0 Å². The highest BCUT2D eigenvalue weighted by Crippen LogP contribution is 2.40. The Morgan fingerprint density at radius 2 is 1.55 bits per heavy atom. The van der Waals surface area contributed by atoms with Crippen LogP contribution in [0.25, 0.3) is 0 Å². The molecule has 0 spiro atoms. The summed E-state index contributed by atoms with van der Waals surface area (Å²) in [6, 6.07) is 0. The molecule has 118 valence electrons. The lowest BCUT2D eigenvalue weighted by atomic mass is 10.1. The standard InChI is InChI=1S/C14H28O5Si/c1-8(2)11(19-20(6,7)14(3,4)5)12-9(15)10(16)13(17)18-12/h9-10,12-13,15-17H,1-7H3/t9-,10+,12-,13-/m0/s1. The van der Waals surface area contributed by atoms with Crippen molar-refractivity contribution in [1.82, 2.24) is 0 Å². The lowest BCUT2D eigenvalue weighted by Gasteiger charge is -2.39. The second kappa shape index (κ2) is 5.77. The Bertz CT molecular complexity index is 382. The van der Waals surface area contributed by atoms with Gasteiger partial charge in [-0.15, -0.1) is 0 Å². The van der Waals surface area contributed by atoms with E-state index in [0.717, 1.165) is 5.57 Å². The fourth-order valence-electron chi connectivity index (χ4n) is 1.75. The minimum absolute atomic E-state index is 0.00842. The molecule has 1 rings (SSSR count). The summed E-state index contributed by atoms with van der Waals surface area (Å²) >= 11 is 0. The third kappa shape index (κ3) is 3.43. The molecule has 20 heavy (non-hydrogen) atoms. The van der Waals surface area contributed by atoms with Gasteiger partial charge in [0.15, 0.2) is 6.29 Å². The molecule has 0 amide bonds. The third-order valence-electron chi connectivity index (χ3n) is 4.16. The molecular formula is C14H28O5Si. The third-order valence-corrected chi connectivity index (χ3v) is 8.50. The van der Waals surface area contributed by atoms with E-state index in [1.807, 2.05) is 13.8 Å². The van der Waals surface area contributed by atoms with Crippen LogP contribution in [0.15, 0.2) is 11.3 Å². The molecule has 1 aliphatic heterocycles. The number of hydrogen-bond donors (Lipinski definition) is 3. The van der Waals surface area contributed by atoms with E-state index in [1.165, 1.54) is 0 Å². The second-order valence-electron chi connectivity index (χ2n) is 7.16. The Labute approximate surface area is 122 Å². The number of allylic oxidation sites excluding steroid dienone is 1. The van der Waals surface area contributed by atoms with E-state index >= 15 is 0 Å². The van der Waals surface area contributed by atoms with E-state index in [0.29, 0.717) is 5.76 Å². The molecule has 0 bridgehead atoms. The SMILES string of the molecule is CC(C)=C(O[Si](C)(C)C(C)(C)C)[C@H]1O[C@H](O)[C@H](O)[C@@H]1O. The lowest BCUT2D eigenvalue weighted by Crippen LogP contribution is -2.43. The van der Waals surface area contributed by atoms with E-state index < -0.39 is 32.9 Å². The monoisotopic (exact) mass is 304 g/mol. The predicted octanol–water partition coefficient (Wildman–Crippen LogP) is 1.74. The molecule has 6 heteroatoms. The van der Waals surface area contributed by atoms with E-state index in [4.69, 9.17) is 9.16 Å². The Morgan fingerprint density at radius 1 is 1.05 bits per heavy atom. The van der Waals surface area contributed by atoms with Gasteiger partial charge < -0.3 is 24.5 Å². The minimum Gasteiger partial charge on any atom is -0.545 e. The smallest absolute Gasteiger partial charge is 0.250 e. The second-order valence-corrected chi connectivity index (χ2v) is 11.9. The molecule has 5 nitrogen and oxygen atoms in total. The molecule has 4 atom stereocenters. The van der Waals surface area contributed by atoms with E-state index in [1.54, 1.807) is 0 Å². The van der Waals surface area contributed by atoms with Crippen molar-refractivity contribution in [2.24, 2.45) is 0 Å². The predicted molar refractivity (Wildman–Crippen MR) is 79.5 cm³/mol. The number of aliphatic hydroxyl groups excluding tert-OH is 3. The van der Waals surface area contributed by atoms with Crippen LogP contribution in [0.4, 0.5) is 0 Å². The van der Waals surface area contributed by atoms with Gasteiger partial charge in [-0.2, -0.15) is 0 Å². The van der Waals surface area contributed by atoms with Gasteiger partial charge in [-0.3, -0.25) is 0 Å². The van der Waals surface area contributed by atoms with E-state index in [-0.39, 0.29) is 5.04 Å². The summed E-state index contributed by atoms with van der Waals surface area (Å²) in [6.45, 7) is 14.3. The Morgan fingerprint density at radius 3 is 1.85 bits per heavy atom. The van der Waals surface area contributed by atoms with Crippen molar-refractivity contribution in [3.63, 3.8) is 0 Å². The van der Waals surface area contributed by atoms with Gasteiger partial charge >= 0.3 is 0 Å². The number of aliphatic hydroxyl groups is 3. The number of hydrogen-bond acceptors (Lipinski definition) is 5. The maximum absolute atomic E-state index is 10.0.